The summed E-state index contributed by atoms with van der Waals surface area (Å²) in [5, 5.41) is 0. The van der Waals surface area contributed by atoms with Gasteiger partial charge in [0.25, 0.3) is 0 Å². The number of rotatable bonds is 3. The van der Waals surface area contributed by atoms with Crippen LogP contribution in [0.15, 0.2) is 6.33 Å². The zero-order valence-electron chi connectivity index (χ0n) is 7.86. The third-order valence-electron chi connectivity index (χ3n) is 2.16. The zero-order valence-corrected chi connectivity index (χ0v) is 10.0. The van der Waals surface area contributed by atoms with Crippen LogP contribution in [0, 0.1) is 3.70 Å². The van der Waals surface area contributed by atoms with Crippen LogP contribution in [-0.4, -0.2) is 22.1 Å². The van der Waals surface area contributed by atoms with Gasteiger partial charge in [0.05, 0.1) is 12.9 Å². The highest BCUT2D eigenvalue weighted by molar-refractivity contribution is 14.1. The molecule has 0 saturated heterocycles. The standard InChI is InChI=1S/C9H11IN2O2/c1-2-14-9(13)7-8(10)11-5-12(7)6-3-4-6/h5-6H,2-4H2,1H3. The lowest BCUT2D eigenvalue weighted by Crippen LogP contribution is -2.12. The van der Waals surface area contributed by atoms with Crippen molar-refractivity contribution in [2.75, 3.05) is 6.61 Å². The van der Waals surface area contributed by atoms with Gasteiger partial charge >= 0.3 is 5.97 Å². The molecule has 0 spiro atoms. The molecule has 0 bridgehead atoms. The Kier molecular flexibility index (Phi) is 2.76. The van der Waals surface area contributed by atoms with Gasteiger partial charge in [-0.15, -0.1) is 0 Å². The van der Waals surface area contributed by atoms with Gasteiger partial charge in [-0.2, -0.15) is 0 Å². The summed E-state index contributed by atoms with van der Waals surface area (Å²) in [7, 11) is 0. The molecule has 5 heteroatoms. The normalized spacial score (nSPS) is 15.6. The highest BCUT2D eigenvalue weighted by Crippen LogP contribution is 2.36. The second-order valence-electron chi connectivity index (χ2n) is 3.24. The zero-order chi connectivity index (χ0) is 10.1. The van der Waals surface area contributed by atoms with Gasteiger partial charge in [-0.3, -0.25) is 0 Å². The molecule has 0 unspecified atom stereocenters. The Labute approximate surface area is 95.8 Å². The van der Waals surface area contributed by atoms with E-state index in [4.69, 9.17) is 4.74 Å². The van der Waals surface area contributed by atoms with E-state index in [0.717, 1.165) is 16.5 Å². The van der Waals surface area contributed by atoms with Crippen molar-refractivity contribution in [1.29, 1.82) is 0 Å². The highest BCUT2D eigenvalue weighted by Gasteiger charge is 2.29. The molecule has 1 aliphatic rings. The molecular formula is C9H11IN2O2. The number of hydrogen-bond acceptors (Lipinski definition) is 3. The van der Waals surface area contributed by atoms with Gasteiger partial charge in [-0.1, -0.05) is 0 Å². The second-order valence-corrected chi connectivity index (χ2v) is 4.26. The fourth-order valence-electron chi connectivity index (χ4n) is 1.36. The summed E-state index contributed by atoms with van der Waals surface area (Å²) in [5.41, 5.74) is 0.606. The van der Waals surface area contributed by atoms with Crippen LogP contribution < -0.4 is 0 Å². The molecule has 14 heavy (non-hydrogen) atoms. The van der Waals surface area contributed by atoms with Crippen molar-refractivity contribution in [2.45, 2.75) is 25.8 Å². The lowest BCUT2D eigenvalue weighted by molar-refractivity contribution is 0.0512. The van der Waals surface area contributed by atoms with E-state index < -0.39 is 0 Å². The summed E-state index contributed by atoms with van der Waals surface area (Å²) in [4.78, 5) is 15.7. The third-order valence-corrected chi connectivity index (χ3v) is 2.95. The van der Waals surface area contributed by atoms with Crippen LogP contribution in [0.4, 0.5) is 0 Å². The van der Waals surface area contributed by atoms with Gasteiger partial charge in [-0.05, 0) is 42.4 Å². The molecule has 0 amide bonds. The summed E-state index contributed by atoms with van der Waals surface area (Å²) in [6.07, 6.45) is 4.00. The summed E-state index contributed by atoms with van der Waals surface area (Å²) >= 11 is 2.06. The minimum Gasteiger partial charge on any atom is -0.461 e. The molecule has 0 N–H and O–H groups in total. The largest absolute Gasteiger partial charge is 0.461 e. The molecule has 2 rings (SSSR count). The SMILES string of the molecule is CCOC(=O)c1c(I)ncn1C1CC1. The molecule has 0 aliphatic heterocycles. The van der Waals surface area contributed by atoms with E-state index >= 15 is 0 Å². The third kappa shape index (κ3) is 1.77. The van der Waals surface area contributed by atoms with E-state index in [1.807, 2.05) is 11.5 Å². The number of aromatic nitrogens is 2. The van der Waals surface area contributed by atoms with Crippen LogP contribution in [0.2, 0.25) is 0 Å². The molecular weight excluding hydrogens is 295 g/mol. The molecule has 0 aromatic carbocycles. The van der Waals surface area contributed by atoms with Crippen LogP contribution in [-0.2, 0) is 4.74 Å². The van der Waals surface area contributed by atoms with Crippen molar-refractivity contribution in [3.63, 3.8) is 0 Å². The van der Waals surface area contributed by atoms with Gasteiger partial charge < -0.3 is 9.30 Å². The van der Waals surface area contributed by atoms with Crippen molar-refractivity contribution in [2.24, 2.45) is 0 Å². The molecule has 1 heterocycles. The summed E-state index contributed by atoms with van der Waals surface area (Å²) in [6, 6.07) is 0.463. The Balaban J connectivity index is 2.29. The Bertz CT molecular complexity index is 358. The quantitative estimate of drug-likeness (QED) is 0.634. The maximum Gasteiger partial charge on any atom is 0.357 e. The number of esters is 1. The van der Waals surface area contributed by atoms with Gasteiger partial charge in [0.2, 0.25) is 0 Å². The first-order valence-corrected chi connectivity index (χ1v) is 5.71. The number of carbonyl (C=O) groups is 1. The van der Waals surface area contributed by atoms with Crippen LogP contribution >= 0.6 is 22.6 Å². The second kappa shape index (κ2) is 3.88. The fraction of sp³-hybridized carbons (Fsp3) is 0.556. The van der Waals surface area contributed by atoms with E-state index in [2.05, 4.69) is 27.6 Å². The number of imidazole rings is 1. The van der Waals surface area contributed by atoms with Gasteiger partial charge in [0, 0.05) is 6.04 Å². The lowest BCUT2D eigenvalue weighted by atomic mass is 10.4. The topological polar surface area (TPSA) is 44.1 Å². The van der Waals surface area contributed by atoms with Crippen molar-refractivity contribution in [1.82, 2.24) is 9.55 Å². The van der Waals surface area contributed by atoms with Gasteiger partial charge in [-0.25, -0.2) is 9.78 Å². The van der Waals surface area contributed by atoms with Crippen LogP contribution in [0.5, 0.6) is 0 Å². The molecule has 1 fully saturated rings. The van der Waals surface area contributed by atoms with Gasteiger partial charge in [0.1, 0.15) is 3.70 Å². The Morgan fingerprint density at radius 2 is 2.50 bits per heavy atom. The first-order chi connectivity index (χ1) is 6.74. The van der Waals surface area contributed by atoms with E-state index in [9.17, 15) is 4.79 Å². The fourth-order valence-corrected chi connectivity index (χ4v) is 1.98. The molecule has 1 aliphatic carbocycles. The van der Waals surface area contributed by atoms with Crippen molar-refractivity contribution in [3.05, 3.63) is 15.7 Å². The van der Waals surface area contributed by atoms with Crippen LogP contribution in [0.1, 0.15) is 36.3 Å². The number of carbonyl (C=O) groups excluding carboxylic acids is 1. The number of halogens is 1. The number of ether oxygens (including phenoxy) is 1. The summed E-state index contributed by atoms with van der Waals surface area (Å²) < 4.78 is 7.64. The van der Waals surface area contributed by atoms with E-state index in [1.54, 1.807) is 6.33 Å². The molecule has 1 aromatic rings. The highest BCUT2D eigenvalue weighted by atomic mass is 127. The molecule has 1 saturated carbocycles. The first kappa shape index (κ1) is 9.95. The van der Waals surface area contributed by atoms with Crippen molar-refractivity contribution >= 4 is 28.6 Å². The Morgan fingerprint density at radius 3 is 3.07 bits per heavy atom. The molecule has 76 valence electrons. The summed E-state index contributed by atoms with van der Waals surface area (Å²) in [6.45, 7) is 2.22. The first-order valence-electron chi connectivity index (χ1n) is 4.63. The van der Waals surface area contributed by atoms with Crippen molar-refractivity contribution < 1.29 is 9.53 Å². The predicted octanol–water partition coefficient (Wildman–Crippen LogP) is 2.00. The molecule has 4 nitrogen and oxygen atoms in total. The smallest absolute Gasteiger partial charge is 0.357 e. The average molecular weight is 306 g/mol. The number of hydrogen-bond donors (Lipinski definition) is 0. The average Bonchev–Trinajstić information content (AvgIpc) is 2.90. The van der Waals surface area contributed by atoms with Crippen molar-refractivity contribution in [3.8, 4) is 0 Å². The maximum absolute atomic E-state index is 11.6. The van der Waals surface area contributed by atoms with Gasteiger partial charge in [0.15, 0.2) is 5.69 Å². The molecule has 0 radical (unpaired) electrons. The monoisotopic (exact) mass is 306 g/mol. The van der Waals surface area contributed by atoms with Crippen LogP contribution in [0.25, 0.3) is 0 Å². The maximum atomic E-state index is 11.6. The Hall–Kier alpha value is -0.590. The Morgan fingerprint density at radius 1 is 1.79 bits per heavy atom. The minimum atomic E-state index is -0.263. The summed E-state index contributed by atoms with van der Waals surface area (Å²) in [5.74, 6) is -0.263. The minimum absolute atomic E-state index is 0.263. The molecule has 0 atom stereocenters. The van der Waals surface area contributed by atoms with E-state index in [0.29, 0.717) is 18.3 Å². The van der Waals surface area contributed by atoms with Crippen LogP contribution in [0.3, 0.4) is 0 Å². The lowest BCUT2D eigenvalue weighted by Gasteiger charge is -2.05. The van der Waals surface area contributed by atoms with E-state index in [-0.39, 0.29) is 5.97 Å². The molecule has 1 aromatic heterocycles. The number of nitrogens with zero attached hydrogens (tertiary/aromatic N) is 2. The van der Waals surface area contributed by atoms with E-state index in [1.165, 1.54) is 0 Å². The predicted molar refractivity (Wildman–Crippen MR) is 59.2 cm³/mol.